The Hall–Kier alpha value is -1.89. The van der Waals surface area contributed by atoms with E-state index in [4.69, 9.17) is 0 Å². The third-order valence-electron chi connectivity index (χ3n) is 4.17. The molecule has 0 unspecified atom stereocenters. The summed E-state index contributed by atoms with van der Waals surface area (Å²) in [4.78, 5) is 17.0. The highest BCUT2D eigenvalue weighted by molar-refractivity contribution is 5.75. The Morgan fingerprint density at radius 1 is 1.48 bits per heavy atom. The number of carbonyl (C=O) groups is 1. The lowest BCUT2D eigenvalue weighted by Gasteiger charge is -2.39. The molecule has 1 aliphatic heterocycles. The van der Waals surface area contributed by atoms with Crippen LogP contribution in [-0.4, -0.2) is 34.0 Å². The quantitative estimate of drug-likeness (QED) is 0.842. The average molecular weight is 328 g/mol. The minimum atomic E-state index is -4.45. The first kappa shape index (κ1) is 17.5. The first-order chi connectivity index (χ1) is 10.8. The molecule has 1 aromatic rings. The minimum absolute atomic E-state index is 0.357. The number of halogens is 3. The first-order valence-corrected chi connectivity index (χ1v) is 7.36. The number of nitrogens with zero attached hydrogens (tertiary/aromatic N) is 2. The average Bonchev–Trinajstić information content (AvgIpc) is 2.47. The van der Waals surface area contributed by atoms with Crippen LogP contribution in [0.5, 0.6) is 0 Å². The number of piperidine rings is 1. The van der Waals surface area contributed by atoms with Crippen molar-refractivity contribution in [2.24, 2.45) is 5.41 Å². The van der Waals surface area contributed by atoms with Crippen LogP contribution in [0.2, 0.25) is 0 Å². The van der Waals surface area contributed by atoms with Crippen molar-refractivity contribution < 1.29 is 23.1 Å². The van der Waals surface area contributed by atoms with Crippen LogP contribution in [0.1, 0.15) is 30.5 Å². The number of carboxylic acids is 1. The van der Waals surface area contributed by atoms with E-state index in [1.165, 1.54) is 12.3 Å². The van der Waals surface area contributed by atoms with E-state index in [1.807, 2.05) is 4.90 Å². The molecule has 4 nitrogen and oxygen atoms in total. The molecule has 1 fully saturated rings. The Kier molecular flexibility index (Phi) is 5.09. The van der Waals surface area contributed by atoms with E-state index < -0.39 is 23.3 Å². The number of hydrogen-bond donors (Lipinski definition) is 1. The van der Waals surface area contributed by atoms with Gasteiger partial charge >= 0.3 is 12.1 Å². The van der Waals surface area contributed by atoms with Gasteiger partial charge in [0.05, 0.1) is 5.41 Å². The smallest absolute Gasteiger partial charge is 0.433 e. The molecule has 0 bridgehead atoms. The second-order valence-corrected chi connectivity index (χ2v) is 5.94. The molecule has 0 aliphatic carbocycles. The monoisotopic (exact) mass is 328 g/mol. The van der Waals surface area contributed by atoms with Gasteiger partial charge < -0.3 is 5.11 Å². The van der Waals surface area contributed by atoms with Crippen LogP contribution in [0.25, 0.3) is 0 Å². The second kappa shape index (κ2) is 6.70. The molecule has 0 amide bonds. The summed E-state index contributed by atoms with van der Waals surface area (Å²) in [5.74, 6) is -0.854. The fourth-order valence-corrected chi connectivity index (χ4v) is 3.01. The summed E-state index contributed by atoms with van der Waals surface area (Å²) in [6.45, 7) is 5.08. The molecule has 7 heteroatoms. The van der Waals surface area contributed by atoms with E-state index in [2.05, 4.69) is 11.6 Å². The molecule has 2 rings (SSSR count). The Balaban J connectivity index is 2.08. The normalized spacial score (nSPS) is 22.7. The van der Waals surface area contributed by atoms with Gasteiger partial charge in [-0.2, -0.15) is 13.2 Å². The van der Waals surface area contributed by atoms with E-state index in [9.17, 15) is 23.1 Å². The Morgan fingerprint density at radius 2 is 2.22 bits per heavy atom. The van der Waals surface area contributed by atoms with Gasteiger partial charge in [0, 0.05) is 19.3 Å². The molecule has 126 valence electrons. The van der Waals surface area contributed by atoms with E-state index in [0.29, 0.717) is 38.0 Å². The van der Waals surface area contributed by atoms with Crippen molar-refractivity contribution in [3.63, 3.8) is 0 Å². The highest BCUT2D eigenvalue weighted by Crippen LogP contribution is 2.35. The van der Waals surface area contributed by atoms with E-state index >= 15 is 0 Å². The number of alkyl halides is 3. The number of hydrogen-bond acceptors (Lipinski definition) is 3. The van der Waals surface area contributed by atoms with Crippen molar-refractivity contribution in [3.05, 3.63) is 42.2 Å². The molecular formula is C16H19F3N2O2. The lowest BCUT2D eigenvalue weighted by atomic mass is 9.77. The number of pyridine rings is 1. The van der Waals surface area contributed by atoms with Gasteiger partial charge in [-0.25, -0.2) is 0 Å². The van der Waals surface area contributed by atoms with Crippen LogP contribution in [0, 0.1) is 5.41 Å². The molecule has 1 aromatic heterocycles. The molecule has 0 spiro atoms. The molecule has 2 heterocycles. The second-order valence-electron chi connectivity index (χ2n) is 5.94. The number of aromatic nitrogens is 1. The lowest BCUT2D eigenvalue weighted by Crippen LogP contribution is -2.47. The van der Waals surface area contributed by atoms with Crippen molar-refractivity contribution in [1.29, 1.82) is 0 Å². The van der Waals surface area contributed by atoms with Crippen LogP contribution in [0.3, 0.4) is 0 Å². The number of likely N-dealkylation sites (tertiary alicyclic amines) is 1. The summed E-state index contributed by atoms with van der Waals surface area (Å²) in [7, 11) is 0. The molecule has 0 aromatic carbocycles. The Labute approximate surface area is 132 Å². The molecular weight excluding hydrogens is 309 g/mol. The number of carboxylic acid groups (broad SMARTS) is 1. The zero-order chi connectivity index (χ0) is 17.1. The third kappa shape index (κ3) is 4.10. The maximum atomic E-state index is 12.5. The van der Waals surface area contributed by atoms with E-state index in [-0.39, 0.29) is 0 Å². The van der Waals surface area contributed by atoms with Crippen molar-refractivity contribution >= 4 is 5.97 Å². The standard InChI is InChI=1S/C16H19F3N2O2/c1-2-6-15(14(22)23)7-3-8-21(11-15)10-12-4-5-13(20-9-12)16(17,18)19/h2,4-5,9H,1,3,6-8,10-11H2,(H,22,23)/t15-/m0/s1. The number of allylic oxidation sites excluding steroid dienone is 1. The molecule has 1 aliphatic rings. The number of aliphatic carboxylic acids is 1. The summed E-state index contributed by atoms with van der Waals surface area (Å²) in [5, 5.41) is 9.52. The first-order valence-electron chi connectivity index (χ1n) is 7.36. The van der Waals surface area contributed by atoms with Gasteiger partial charge in [0.25, 0.3) is 0 Å². The van der Waals surface area contributed by atoms with E-state index in [0.717, 1.165) is 12.5 Å². The van der Waals surface area contributed by atoms with Gasteiger partial charge in [0.15, 0.2) is 0 Å². The van der Waals surface area contributed by atoms with Gasteiger partial charge in [-0.1, -0.05) is 12.1 Å². The molecule has 1 N–H and O–H groups in total. The summed E-state index contributed by atoms with van der Waals surface area (Å²) in [6.07, 6.45) is 0.0468. The van der Waals surface area contributed by atoms with Crippen LogP contribution < -0.4 is 0 Å². The summed E-state index contributed by atoms with van der Waals surface area (Å²) >= 11 is 0. The van der Waals surface area contributed by atoms with Crippen molar-refractivity contribution in [2.45, 2.75) is 32.0 Å². The zero-order valence-electron chi connectivity index (χ0n) is 12.6. The van der Waals surface area contributed by atoms with Gasteiger partial charge in [-0.3, -0.25) is 14.7 Å². The maximum Gasteiger partial charge on any atom is 0.433 e. The Bertz CT molecular complexity index is 572. The predicted molar refractivity (Wildman–Crippen MR) is 78.6 cm³/mol. The predicted octanol–water partition coefficient (Wildman–Crippen LogP) is 3.34. The highest BCUT2D eigenvalue weighted by atomic mass is 19.4. The maximum absolute atomic E-state index is 12.5. The molecule has 1 atom stereocenters. The Morgan fingerprint density at radius 3 is 2.74 bits per heavy atom. The van der Waals surface area contributed by atoms with Gasteiger partial charge in [0.1, 0.15) is 5.69 Å². The van der Waals surface area contributed by atoms with Crippen molar-refractivity contribution in [2.75, 3.05) is 13.1 Å². The molecule has 23 heavy (non-hydrogen) atoms. The zero-order valence-corrected chi connectivity index (χ0v) is 12.6. The van der Waals surface area contributed by atoms with Crippen molar-refractivity contribution in [1.82, 2.24) is 9.88 Å². The van der Waals surface area contributed by atoms with Crippen LogP contribution in [0.4, 0.5) is 13.2 Å². The van der Waals surface area contributed by atoms with Crippen LogP contribution >= 0.6 is 0 Å². The summed E-state index contributed by atoms with van der Waals surface area (Å²) < 4.78 is 37.5. The van der Waals surface area contributed by atoms with Gasteiger partial charge in [0.2, 0.25) is 0 Å². The van der Waals surface area contributed by atoms with Gasteiger partial charge in [-0.15, -0.1) is 6.58 Å². The lowest BCUT2D eigenvalue weighted by molar-refractivity contribution is -0.152. The fraction of sp³-hybridized carbons (Fsp3) is 0.500. The molecule has 0 radical (unpaired) electrons. The fourth-order valence-electron chi connectivity index (χ4n) is 3.01. The largest absolute Gasteiger partial charge is 0.481 e. The molecule has 0 saturated carbocycles. The topological polar surface area (TPSA) is 53.4 Å². The van der Waals surface area contributed by atoms with Gasteiger partial charge in [-0.05, 0) is 37.4 Å². The minimum Gasteiger partial charge on any atom is -0.481 e. The SMILES string of the molecule is C=CC[C@]1(C(=O)O)CCCN(Cc2ccc(C(F)(F)F)nc2)C1. The van der Waals surface area contributed by atoms with Crippen LogP contribution in [-0.2, 0) is 17.5 Å². The third-order valence-corrected chi connectivity index (χ3v) is 4.17. The van der Waals surface area contributed by atoms with E-state index in [1.54, 1.807) is 6.08 Å². The summed E-state index contributed by atoms with van der Waals surface area (Å²) in [5.41, 5.74) is -1.15. The molecule has 1 saturated heterocycles. The summed E-state index contributed by atoms with van der Waals surface area (Å²) in [6, 6.07) is 2.34. The highest BCUT2D eigenvalue weighted by Gasteiger charge is 2.41. The number of rotatable bonds is 5. The van der Waals surface area contributed by atoms with Crippen LogP contribution in [0.15, 0.2) is 31.0 Å². The van der Waals surface area contributed by atoms with Crippen molar-refractivity contribution in [3.8, 4) is 0 Å².